The van der Waals surface area contributed by atoms with E-state index in [2.05, 4.69) is 27.3 Å². The number of nitrogens with zero attached hydrogens (tertiary/aromatic N) is 5. The van der Waals surface area contributed by atoms with E-state index in [0.29, 0.717) is 23.2 Å². The lowest BCUT2D eigenvalue weighted by Gasteiger charge is -2.42. The zero-order valence-corrected chi connectivity index (χ0v) is 22.1. The zero-order chi connectivity index (χ0) is 25.2. The third-order valence-corrected chi connectivity index (χ3v) is 7.97. The van der Waals surface area contributed by atoms with Gasteiger partial charge in [-0.2, -0.15) is 5.26 Å². The Morgan fingerprint density at radius 1 is 1.03 bits per heavy atom. The van der Waals surface area contributed by atoms with Crippen LogP contribution in [0.25, 0.3) is 5.82 Å². The maximum absolute atomic E-state index is 12.9. The van der Waals surface area contributed by atoms with Crippen LogP contribution in [0, 0.1) is 17.2 Å². The van der Waals surface area contributed by atoms with Gasteiger partial charge in [-0.1, -0.05) is 6.07 Å². The van der Waals surface area contributed by atoms with Crippen LogP contribution in [0.1, 0.15) is 65.6 Å². The number of ether oxygens (including phenoxy) is 1. The van der Waals surface area contributed by atoms with E-state index in [1.807, 2.05) is 35.2 Å². The summed E-state index contributed by atoms with van der Waals surface area (Å²) in [6.07, 6.45) is 12.6. The fourth-order valence-electron chi connectivity index (χ4n) is 5.72. The van der Waals surface area contributed by atoms with E-state index in [1.165, 1.54) is 18.4 Å². The molecule has 0 radical (unpaired) electrons. The van der Waals surface area contributed by atoms with Crippen LogP contribution in [0.2, 0.25) is 0 Å². The number of anilines is 1. The quantitative estimate of drug-likeness (QED) is 0.483. The van der Waals surface area contributed by atoms with Gasteiger partial charge in [0.15, 0.2) is 0 Å². The van der Waals surface area contributed by atoms with Crippen molar-refractivity contribution < 1.29 is 9.53 Å². The highest BCUT2D eigenvalue weighted by atomic mass is 35.5. The summed E-state index contributed by atoms with van der Waals surface area (Å²) >= 11 is 0. The first kappa shape index (κ1) is 26.4. The molecule has 0 spiro atoms. The molecule has 1 saturated heterocycles. The number of carbonyl (C=O) groups is 1. The van der Waals surface area contributed by atoms with Gasteiger partial charge in [-0.15, -0.1) is 12.4 Å². The SMILES string of the molecule is Cl.N#CC1CCC(N2CCOCC2)C(c2ccc(NC(=O)c3ccn(-c4ccc(C5CC5)cn4)c3)cn2)C1. The first-order valence-electron chi connectivity index (χ1n) is 13.3. The van der Waals surface area contributed by atoms with Crippen molar-refractivity contribution in [1.29, 1.82) is 5.26 Å². The summed E-state index contributed by atoms with van der Waals surface area (Å²) in [6.45, 7) is 3.36. The number of aromatic nitrogens is 3. The predicted molar refractivity (Wildman–Crippen MR) is 147 cm³/mol. The number of pyridine rings is 2. The Bertz CT molecular complexity index is 1280. The Kier molecular flexibility index (Phi) is 8.08. The largest absolute Gasteiger partial charge is 0.379 e. The predicted octanol–water partition coefficient (Wildman–Crippen LogP) is 4.93. The second kappa shape index (κ2) is 11.6. The van der Waals surface area contributed by atoms with E-state index < -0.39 is 0 Å². The van der Waals surface area contributed by atoms with Crippen molar-refractivity contribution >= 4 is 24.0 Å². The lowest BCUT2D eigenvalue weighted by atomic mass is 9.76. The smallest absolute Gasteiger partial charge is 0.257 e. The van der Waals surface area contributed by atoms with E-state index >= 15 is 0 Å². The Morgan fingerprint density at radius 2 is 1.87 bits per heavy atom. The number of rotatable bonds is 6. The molecule has 9 heteroatoms. The Morgan fingerprint density at radius 3 is 2.55 bits per heavy atom. The molecule has 38 heavy (non-hydrogen) atoms. The molecule has 198 valence electrons. The first-order valence-corrected chi connectivity index (χ1v) is 13.3. The molecular weight excluding hydrogens is 500 g/mol. The van der Waals surface area contributed by atoms with Crippen LogP contribution >= 0.6 is 12.4 Å². The van der Waals surface area contributed by atoms with Gasteiger partial charge in [-0.05, 0) is 67.9 Å². The second-order valence-corrected chi connectivity index (χ2v) is 10.4. The average Bonchev–Trinajstić information content (AvgIpc) is 3.69. The van der Waals surface area contributed by atoms with E-state index in [1.54, 1.807) is 18.5 Å². The van der Waals surface area contributed by atoms with Crippen molar-refractivity contribution in [3.8, 4) is 11.9 Å². The van der Waals surface area contributed by atoms with E-state index in [0.717, 1.165) is 57.1 Å². The highest BCUT2D eigenvalue weighted by molar-refractivity contribution is 6.04. The van der Waals surface area contributed by atoms with Gasteiger partial charge >= 0.3 is 0 Å². The molecular formula is C29H33ClN6O2. The molecule has 3 aliphatic rings. The molecule has 3 aromatic rings. The standard InChI is InChI=1S/C29H32N6O2.ClH/c30-16-20-1-7-27(34-11-13-37-14-12-34)25(15-20)26-6-5-24(18-31-26)33-29(36)23-9-10-35(19-23)28-8-4-22(17-32-28)21-2-3-21;/h4-6,8-10,17-21,25,27H,1-3,7,11-15H2,(H,33,36);1H. The highest BCUT2D eigenvalue weighted by Crippen LogP contribution is 2.40. The van der Waals surface area contributed by atoms with Crippen LogP contribution in [0.3, 0.4) is 0 Å². The summed E-state index contributed by atoms with van der Waals surface area (Å²) in [5, 5.41) is 12.5. The summed E-state index contributed by atoms with van der Waals surface area (Å²) in [6, 6.07) is 12.7. The Hall–Kier alpha value is -3.25. The number of hydrogen-bond acceptors (Lipinski definition) is 6. The van der Waals surface area contributed by atoms with Crippen molar-refractivity contribution in [2.75, 3.05) is 31.6 Å². The molecule has 6 rings (SSSR count). The third-order valence-electron chi connectivity index (χ3n) is 7.97. The maximum Gasteiger partial charge on any atom is 0.257 e. The lowest BCUT2D eigenvalue weighted by molar-refractivity contribution is 0.0000695. The average molecular weight is 533 g/mol. The van der Waals surface area contributed by atoms with Gasteiger partial charge in [0, 0.05) is 55.3 Å². The van der Waals surface area contributed by atoms with E-state index in [-0.39, 0.29) is 30.2 Å². The van der Waals surface area contributed by atoms with Gasteiger partial charge in [0.2, 0.25) is 0 Å². The van der Waals surface area contributed by atoms with Crippen LogP contribution in [-0.2, 0) is 4.74 Å². The number of nitriles is 1. The van der Waals surface area contributed by atoms with Crippen molar-refractivity contribution in [2.24, 2.45) is 5.92 Å². The minimum absolute atomic E-state index is 0. The highest BCUT2D eigenvalue weighted by Gasteiger charge is 2.36. The molecule has 8 nitrogen and oxygen atoms in total. The fourth-order valence-corrected chi connectivity index (χ4v) is 5.72. The molecule has 0 bridgehead atoms. The van der Waals surface area contributed by atoms with Crippen molar-refractivity contribution in [3.05, 3.63) is 71.9 Å². The lowest BCUT2D eigenvalue weighted by Crippen LogP contribution is -2.48. The van der Waals surface area contributed by atoms with Crippen LogP contribution in [0.4, 0.5) is 5.69 Å². The van der Waals surface area contributed by atoms with Crippen LogP contribution in [0.15, 0.2) is 55.1 Å². The number of carbonyl (C=O) groups excluding carboxylic acids is 1. The van der Waals surface area contributed by atoms with Crippen molar-refractivity contribution in [2.45, 2.75) is 50.0 Å². The molecule has 2 saturated carbocycles. The van der Waals surface area contributed by atoms with Gasteiger partial charge in [0.25, 0.3) is 5.91 Å². The zero-order valence-electron chi connectivity index (χ0n) is 21.3. The monoisotopic (exact) mass is 532 g/mol. The fraction of sp³-hybridized carbons (Fsp3) is 0.448. The molecule has 3 fully saturated rings. The Balaban J connectivity index is 0.00000294. The summed E-state index contributed by atoms with van der Waals surface area (Å²) in [4.78, 5) is 24.7. The number of morpholine rings is 1. The maximum atomic E-state index is 12.9. The van der Waals surface area contributed by atoms with E-state index in [4.69, 9.17) is 9.72 Å². The molecule has 3 aromatic heterocycles. The van der Waals surface area contributed by atoms with Crippen LogP contribution in [-0.4, -0.2) is 57.7 Å². The van der Waals surface area contributed by atoms with E-state index in [9.17, 15) is 10.1 Å². The molecule has 3 unspecified atom stereocenters. The summed E-state index contributed by atoms with van der Waals surface area (Å²) in [5.74, 6) is 1.55. The second-order valence-electron chi connectivity index (χ2n) is 10.4. The van der Waals surface area contributed by atoms with Crippen LogP contribution < -0.4 is 5.32 Å². The number of hydrogen-bond donors (Lipinski definition) is 1. The van der Waals surface area contributed by atoms with Crippen molar-refractivity contribution in [3.63, 3.8) is 0 Å². The van der Waals surface area contributed by atoms with Gasteiger partial charge in [0.05, 0.1) is 36.7 Å². The summed E-state index contributed by atoms with van der Waals surface area (Å²) in [7, 11) is 0. The molecule has 2 aliphatic carbocycles. The number of amides is 1. The summed E-state index contributed by atoms with van der Waals surface area (Å²) < 4.78 is 7.42. The van der Waals surface area contributed by atoms with Gasteiger partial charge in [-0.25, -0.2) is 4.98 Å². The van der Waals surface area contributed by atoms with Crippen LogP contribution in [0.5, 0.6) is 0 Å². The minimum atomic E-state index is -0.184. The van der Waals surface area contributed by atoms with Gasteiger partial charge < -0.3 is 14.6 Å². The van der Waals surface area contributed by atoms with Crippen molar-refractivity contribution in [1.82, 2.24) is 19.4 Å². The third kappa shape index (κ3) is 5.75. The Labute approximate surface area is 229 Å². The normalized spacial score (nSPS) is 23.7. The number of nitrogens with one attached hydrogen (secondary N) is 1. The summed E-state index contributed by atoms with van der Waals surface area (Å²) in [5.41, 5.74) is 3.50. The first-order chi connectivity index (χ1) is 18.2. The molecule has 3 atom stereocenters. The topological polar surface area (TPSA) is 96.1 Å². The molecule has 1 N–H and O–H groups in total. The van der Waals surface area contributed by atoms with Gasteiger partial charge in [-0.3, -0.25) is 14.7 Å². The molecule has 0 aromatic carbocycles. The minimum Gasteiger partial charge on any atom is -0.379 e. The molecule has 1 amide bonds. The van der Waals surface area contributed by atoms with Gasteiger partial charge in [0.1, 0.15) is 5.82 Å². The number of halogens is 1. The molecule has 4 heterocycles. The molecule has 1 aliphatic heterocycles.